The number of hydrogen-bond acceptors (Lipinski definition) is 3. The number of nitrogens with one attached hydrogen (secondary N) is 1. The van der Waals surface area contributed by atoms with Gasteiger partial charge in [0, 0.05) is 24.4 Å². The molecule has 3 nitrogen and oxygen atoms in total. The van der Waals surface area contributed by atoms with E-state index in [2.05, 4.69) is 23.7 Å². The Morgan fingerprint density at radius 2 is 2.39 bits per heavy atom. The first-order chi connectivity index (χ1) is 8.76. The number of carbonyl (C=O) groups excluding carboxylic acids is 1. The first kappa shape index (κ1) is 15.2. The molecular formula is C14H23NO2S. The lowest BCUT2D eigenvalue weighted by molar-refractivity contribution is -0.121. The molecule has 102 valence electrons. The maximum Gasteiger partial charge on any atom is 0.220 e. The monoisotopic (exact) mass is 269 g/mol. The normalized spacial score (nSPS) is 12.3. The fourth-order valence-corrected chi connectivity index (χ4v) is 2.61. The Bertz CT molecular complexity index is 325. The van der Waals surface area contributed by atoms with Gasteiger partial charge in [-0.15, -0.1) is 11.3 Å². The summed E-state index contributed by atoms with van der Waals surface area (Å²) in [6.45, 7) is 2.98. The Morgan fingerprint density at radius 3 is 3.00 bits per heavy atom. The second-order valence-corrected chi connectivity index (χ2v) is 5.56. The molecule has 0 radical (unpaired) electrons. The lowest BCUT2D eigenvalue weighted by atomic mass is 10.0. The molecule has 0 aliphatic carbocycles. The predicted octanol–water partition coefficient (Wildman–Crippen LogP) is 2.60. The standard InChI is InChI=1S/C14H23NO2S/c1-2-12(8-9-16)11-15-14(17)7-3-5-13-6-4-10-18-13/h4,6,10,12,16H,2-3,5,7-9,11H2,1H3,(H,15,17). The molecule has 0 aromatic carbocycles. The van der Waals surface area contributed by atoms with Gasteiger partial charge in [0.1, 0.15) is 0 Å². The first-order valence-electron chi connectivity index (χ1n) is 6.66. The summed E-state index contributed by atoms with van der Waals surface area (Å²) in [6.07, 6.45) is 4.25. The van der Waals surface area contributed by atoms with Crippen LogP contribution in [0.4, 0.5) is 0 Å². The molecule has 0 aliphatic heterocycles. The van der Waals surface area contributed by atoms with Gasteiger partial charge in [0.25, 0.3) is 0 Å². The predicted molar refractivity (Wildman–Crippen MR) is 75.8 cm³/mol. The van der Waals surface area contributed by atoms with Crippen LogP contribution >= 0.6 is 11.3 Å². The Hall–Kier alpha value is -0.870. The number of aliphatic hydroxyl groups excluding tert-OH is 1. The molecule has 4 heteroatoms. The van der Waals surface area contributed by atoms with E-state index >= 15 is 0 Å². The van der Waals surface area contributed by atoms with Crippen LogP contribution in [0, 0.1) is 5.92 Å². The molecule has 1 unspecified atom stereocenters. The van der Waals surface area contributed by atoms with Gasteiger partial charge in [-0.1, -0.05) is 19.4 Å². The summed E-state index contributed by atoms with van der Waals surface area (Å²) in [7, 11) is 0. The number of aryl methyl sites for hydroxylation is 1. The number of thiophene rings is 1. The second kappa shape index (κ2) is 9.11. The van der Waals surface area contributed by atoms with Crippen molar-refractivity contribution in [3.63, 3.8) is 0 Å². The Labute approximate surface area is 113 Å². The zero-order valence-corrected chi connectivity index (χ0v) is 11.8. The molecule has 1 aromatic heterocycles. The lowest BCUT2D eigenvalue weighted by Gasteiger charge is -2.14. The minimum Gasteiger partial charge on any atom is -0.396 e. The van der Waals surface area contributed by atoms with Crippen LogP contribution in [-0.4, -0.2) is 24.2 Å². The van der Waals surface area contributed by atoms with Gasteiger partial charge in [-0.25, -0.2) is 0 Å². The summed E-state index contributed by atoms with van der Waals surface area (Å²) in [5.41, 5.74) is 0. The van der Waals surface area contributed by atoms with E-state index in [1.807, 2.05) is 6.07 Å². The van der Waals surface area contributed by atoms with E-state index in [0.29, 0.717) is 18.9 Å². The largest absolute Gasteiger partial charge is 0.396 e. The van der Waals surface area contributed by atoms with E-state index < -0.39 is 0 Å². The molecule has 1 rings (SSSR count). The number of aliphatic hydroxyl groups is 1. The minimum atomic E-state index is 0.128. The van der Waals surface area contributed by atoms with Crippen LogP contribution in [0.2, 0.25) is 0 Å². The first-order valence-corrected chi connectivity index (χ1v) is 7.54. The molecular weight excluding hydrogens is 246 g/mol. The minimum absolute atomic E-state index is 0.128. The van der Waals surface area contributed by atoms with Crippen LogP contribution in [-0.2, 0) is 11.2 Å². The molecule has 0 fully saturated rings. The van der Waals surface area contributed by atoms with Gasteiger partial charge in [0.2, 0.25) is 5.91 Å². The molecule has 0 spiro atoms. The van der Waals surface area contributed by atoms with Gasteiger partial charge in [0.15, 0.2) is 0 Å². The van der Waals surface area contributed by atoms with Gasteiger partial charge in [-0.2, -0.15) is 0 Å². The van der Waals surface area contributed by atoms with Crippen molar-refractivity contribution < 1.29 is 9.90 Å². The highest BCUT2D eigenvalue weighted by atomic mass is 32.1. The summed E-state index contributed by atoms with van der Waals surface area (Å²) in [5.74, 6) is 0.527. The van der Waals surface area contributed by atoms with Gasteiger partial charge < -0.3 is 10.4 Å². The van der Waals surface area contributed by atoms with Crippen LogP contribution in [0.1, 0.15) is 37.5 Å². The third kappa shape index (κ3) is 6.17. The van der Waals surface area contributed by atoms with E-state index in [9.17, 15) is 4.79 Å². The van der Waals surface area contributed by atoms with E-state index in [4.69, 9.17) is 5.11 Å². The molecule has 1 amide bonds. The number of carbonyl (C=O) groups is 1. The van der Waals surface area contributed by atoms with Gasteiger partial charge in [-0.3, -0.25) is 4.79 Å². The van der Waals surface area contributed by atoms with Crippen LogP contribution in [0.5, 0.6) is 0 Å². The van der Waals surface area contributed by atoms with E-state index in [1.54, 1.807) is 11.3 Å². The SMILES string of the molecule is CCC(CCO)CNC(=O)CCCc1cccs1. The van der Waals surface area contributed by atoms with Crippen molar-refractivity contribution in [2.45, 2.75) is 39.0 Å². The molecule has 0 aliphatic rings. The van der Waals surface area contributed by atoms with Gasteiger partial charge in [0.05, 0.1) is 0 Å². The molecule has 1 heterocycles. The summed E-state index contributed by atoms with van der Waals surface area (Å²) < 4.78 is 0. The third-order valence-corrected chi connectivity index (χ3v) is 4.05. The average molecular weight is 269 g/mol. The molecule has 0 bridgehead atoms. The third-order valence-electron chi connectivity index (χ3n) is 3.11. The number of hydrogen-bond donors (Lipinski definition) is 2. The maximum absolute atomic E-state index is 11.6. The molecule has 0 saturated carbocycles. The van der Waals surface area contributed by atoms with Crippen molar-refractivity contribution in [3.05, 3.63) is 22.4 Å². The van der Waals surface area contributed by atoms with E-state index in [-0.39, 0.29) is 12.5 Å². The van der Waals surface area contributed by atoms with Crippen molar-refractivity contribution in [1.29, 1.82) is 0 Å². The van der Waals surface area contributed by atoms with Crippen LogP contribution < -0.4 is 5.32 Å². The lowest BCUT2D eigenvalue weighted by Crippen LogP contribution is -2.29. The summed E-state index contributed by atoms with van der Waals surface area (Å²) in [5, 5.41) is 13.9. The van der Waals surface area contributed by atoms with Crippen LogP contribution in [0.3, 0.4) is 0 Å². The Morgan fingerprint density at radius 1 is 1.56 bits per heavy atom. The van der Waals surface area contributed by atoms with Crippen molar-refractivity contribution in [2.24, 2.45) is 5.92 Å². The van der Waals surface area contributed by atoms with Crippen molar-refractivity contribution in [1.82, 2.24) is 5.32 Å². The number of amides is 1. The smallest absolute Gasteiger partial charge is 0.220 e. The highest BCUT2D eigenvalue weighted by Gasteiger charge is 2.08. The zero-order valence-electron chi connectivity index (χ0n) is 11.0. The second-order valence-electron chi connectivity index (χ2n) is 4.52. The van der Waals surface area contributed by atoms with E-state index in [1.165, 1.54) is 4.88 Å². The number of rotatable bonds is 9. The van der Waals surface area contributed by atoms with Crippen LogP contribution in [0.25, 0.3) is 0 Å². The van der Waals surface area contributed by atoms with Gasteiger partial charge >= 0.3 is 0 Å². The Balaban J connectivity index is 2.09. The molecule has 0 saturated heterocycles. The van der Waals surface area contributed by atoms with E-state index in [0.717, 1.165) is 25.7 Å². The molecule has 1 atom stereocenters. The molecule has 1 aromatic rings. The molecule has 18 heavy (non-hydrogen) atoms. The van der Waals surface area contributed by atoms with Crippen molar-refractivity contribution in [3.8, 4) is 0 Å². The van der Waals surface area contributed by atoms with Crippen LogP contribution in [0.15, 0.2) is 17.5 Å². The van der Waals surface area contributed by atoms with Crippen molar-refractivity contribution >= 4 is 17.2 Å². The average Bonchev–Trinajstić information content (AvgIpc) is 2.87. The van der Waals surface area contributed by atoms with Crippen molar-refractivity contribution in [2.75, 3.05) is 13.2 Å². The fourth-order valence-electron chi connectivity index (χ4n) is 1.86. The summed E-state index contributed by atoms with van der Waals surface area (Å²) in [4.78, 5) is 13.0. The van der Waals surface area contributed by atoms with Gasteiger partial charge in [-0.05, 0) is 36.6 Å². The quantitative estimate of drug-likeness (QED) is 0.724. The highest BCUT2D eigenvalue weighted by molar-refractivity contribution is 7.09. The Kier molecular flexibility index (Phi) is 7.69. The maximum atomic E-state index is 11.6. The summed E-state index contributed by atoms with van der Waals surface area (Å²) in [6, 6.07) is 4.15. The summed E-state index contributed by atoms with van der Waals surface area (Å²) >= 11 is 1.74. The highest BCUT2D eigenvalue weighted by Crippen LogP contribution is 2.12. The fraction of sp³-hybridized carbons (Fsp3) is 0.643. The topological polar surface area (TPSA) is 49.3 Å². The zero-order chi connectivity index (χ0) is 13.2. The molecule has 2 N–H and O–H groups in total.